The van der Waals surface area contributed by atoms with Crippen molar-refractivity contribution < 1.29 is 9.53 Å². The van der Waals surface area contributed by atoms with Gasteiger partial charge in [-0.3, -0.25) is 9.78 Å². The Kier molecular flexibility index (Phi) is 4.95. The lowest BCUT2D eigenvalue weighted by Crippen LogP contribution is -2.33. The van der Waals surface area contributed by atoms with Crippen molar-refractivity contribution in [3.8, 4) is 0 Å². The number of hydrogen-bond acceptors (Lipinski definition) is 4. The minimum Gasteiger partial charge on any atom is -0.387 e. The Labute approximate surface area is 120 Å². The SMILES string of the molecule is CCC1OCCC1CNC(=O)c1cnc(C)cc1NC. The summed E-state index contributed by atoms with van der Waals surface area (Å²) in [6.45, 7) is 5.49. The molecule has 5 heteroatoms. The zero-order valence-corrected chi connectivity index (χ0v) is 12.4. The van der Waals surface area contributed by atoms with Gasteiger partial charge in [-0.15, -0.1) is 0 Å². The average molecular weight is 277 g/mol. The van der Waals surface area contributed by atoms with Crippen molar-refractivity contribution >= 4 is 11.6 Å². The summed E-state index contributed by atoms with van der Waals surface area (Å²) in [5.41, 5.74) is 2.29. The topological polar surface area (TPSA) is 63.2 Å². The van der Waals surface area contributed by atoms with Gasteiger partial charge >= 0.3 is 0 Å². The van der Waals surface area contributed by atoms with Crippen molar-refractivity contribution in [2.45, 2.75) is 32.8 Å². The van der Waals surface area contributed by atoms with Crippen molar-refractivity contribution in [2.75, 3.05) is 25.5 Å². The summed E-state index contributed by atoms with van der Waals surface area (Å²) < 4.78 is 5.64. The lowest BCUT2D eigenvalue weighted by molar-refractivity contribution is 0.0827. The molecule has 0 aliphatic carbocycles. The van der Waals surface area contributed by atoms with Crippen molar-refractivity contribution in [1.29, 1.82) is 0 Å². The Morgan fingerprint density at radius 3 is 3.05 bits per heavy atom. The summed E-state index contributed by atoms with van der Waals surface area (Å²) >= 11 is 0. The van der Waals surface area contributed by atoms with Crippen LogP contribution in [0.2, 0.25) is 0 Å². The van der Waals surface area contributed by atoms with Crippen LogP contribution in [0.4, 0.5) is 5.69 Å². The highest BCUT2D eigenvalue weighted by Crippen LogP contribution is 2.23. The first-order chi connectivity index (χ1) is 9.65. The number of anilines is 1. The number of carbonyl (C=O) groups excluding carboxylic acids is 1. The van der Waals surface area contributed by atoms with Gasteiger partial charge < -0.3 is 15.4 Å². The molecule has 2 rings (SSSR count). The number of nitrogens with zero attached hydrogens (tertiary/aromatic N) is 1. The first-order valence-corrected chi connectivity index (χ1v) is 7.20. The van der Waals surface area contributed by atoms with Crippen LogP contribution in [-0.4, -0.2) is 37.2 Å². The maximum atomic E-state index is 12.3. The van der Waals surface area contributed by atoms with Crippen LogP contribution in [0.3, 0.4) is 0 Å². The minimum atomic E-state index is -0.0800. The molecule has 110 valence electrons. The molecular weight excluding hydrogens is 254 g/mol. The Morgan fingerprint density at radius 1 is 1.55 bits per heavy atom. The van der Waals surface area contributed by atoms with E-state index >= 15 is 0 Å². The Hall–Kier alpha value is -1.62. The molecule has 0 radical (unpaired) electrons. The number of aromatic nitrogens is 1. The van der Waals surface area contributed by atoms with Crippen molar-refractivity contribution in [2.24, 2.45) is 5.92 Å². The number of ether oxygens (including phenoxy) is 1. The number of nitrogens with one attached hydrogen (secondary N) is 2. The molecule has 0 saturated carbocycles. The summed E-state index contributed by atoms with van der Waals surface area (Å²) in [6.07, 6.45) is 3.91. The third kappa shape index (κ3) is 3.28. The van der Waals surface area contributed by atoms with E-state index in [1.54, 1.807) is 6.20 Å². The smallest absolute Gasteiger partial charge is 0.254 e. The molecule has 0 bridgehead atoms. The molecule has 1 amide bonds. The number of hydrogen-bond donors (Lipinski definition) is 2. The van der Waals surface area contributed by atoms with E-state index in [0.717, 1.165) is 30.8 Å². The van der Waals surface area contributed by atoms with E-state index in [-0.39, 0.29) is 12.0 Å². The number of carbonyl (C=O) groups is 1. The highest BCUT2D eigenvalue weighted by Gasteiger charge is 2.27. The zero-order chi connectivity index (χ0) is 14.5. The highest BCUT2D eigenvalue weighted by atomic mass is 16.5. The fourth-order valence-corrected chi connectivity index (χ4v) is 2.64. The summed E-state index contributed by atoms with van der Waals surface area (Å²) in [4.78, 5) is 16.4. The average Bonchev–Trinajstić information content (AvgIpc) is 2.92. The quantitative estimate of drug-likeness (QED) is 0.864. The molecule has 20 heavy (non-hydrogen) atoms. The van der Waals surface area contributed by atoms with Crippen LogP contribution in [0, 0.1) is 12.8 Å². The second-order valence-electron chi connectivity index (χ2n) is 5.20. The molecule has 0 spiro atoms. The van der Waals surface area contributed by atoms with Gasteiger partial charge in [-0.25, -0.2) is 0 Å². The monoisotopic (exact) mass is 277 g/mol. The van der Waals surface area contributed by atoms with E-state index in [0.29, 0.717) is 18.0 Å². The van der Waals surface area contributed by atoms with Gasteiger partial charge in [0.05, 0.1) is 17.4 Å². The van der Waals surface area contributed by atoms with Gasteiger partial charge in [0.2, 0.25) is 0 Å². The summed E-state index contributed by atoms with van der Waals surface area (Å²) in [5, 5.41) is 6.04. The van der Waals surface area contributed by atoms with E-state index in [1.807, 2.05) is 20.0 Å². The van der Waals surface area contributed by atoms with Gasteiger partial charge in [0, 0.05) is 38.0 Å². The molecule has 1 fully saturated rings. The number of aryl methyl sites for hydroxylation is 1. The zero-order valence-electron chi connectivity index (χ0n) is 12.4. The van der Waals surface area contributed by atoms with Crippen molar-refractivity contribution in [1.82, 2.24) is 10.3 Å². The molecule has 2 heterocycles. The second kappa shape index (κ2) is 6.70. The molecule has 1 aliphatic rings. The largest absolute Gasteiger partial charge is 0.387 e. The fraction of sp³-hybridized carbons (Fsp3) is 0.600. The molecule has 1 aromatic rings. The third-order valence-electron chi connectivity index (χ3n) is 3.83. The molecule has 1 aromatic heterocycles. The first kappa shape index (κ1) is 14.8. The van der Waals surface area contributed by atoms with Crippen LogP contribution in [-0.2, 0) is 4.74 Å². The molecular formula is C15H23N3O2. The van der Waals surface area contributed by atoms with Crippen LogP contribution in [0.1, 0.15) is 35.8 Å². The summed E-state index contributed by atoms with van der Waals surface area (Å²) in [7, 11) is 1.81. The highest BCUT2D eigenvalue weighted by molar-refractivity contribution is 5.99. The number of rotatable bonds is 5. The standard InChI is InChI=1S/C15H23N3O2/c1-4-14-11(5-6-20-14)8-18-15(19)12-9-17-10(2)7-13(12)16-3/h7,9,11,14H,4-6,8H2,1-3H3,(H,16,17)(H,18,19). The minimum absolute atomic E-state index is 0.0800. The summed E-state index contributed by atoms with van der Waals surface area (Å²) in [5.74, 6) is 0.337. The Bertz CT molecular complexity index is 476. The van der Waals surface area contributed by atoms with Gasteiger partial charge in [-0.05, 0) is 25.8 Å². The van der Waals surface area contributed by atoms with Gasteiger partial charge in [0.1, 0.15) is 0 Å². The van der Waals surface area contributed by atoms with E-state index in [4.69, 9.17) is 4.74 Å². The predicted octanol–water partition coefficient (Wildman–Crippen LogP) is 1.98. The van der Waals surface area contributed by atoms with E-state index in [2.05, 4.69) is 22.5 Å². The molecule has 5 nitrogen and oxygen atoms in total. The summed E-state index contributed by atoms with van der Waals surface area (Å²) in [6, 6.07) is 1.88. The molecule has 0 aromatic carbocycles. The second-order valence-corrected chi connectivity index (χ2v) is 5.20. The van der Waals surface area contributed by atoms with Crippen LogP contribution >= 0.6 is 0 Å². The lowest BCUT2D eigenvalue weighted by Gasteiger charge is -2.17. The van der Waals surface area contributed by atoms with Crippen LogP contribution in [0.15, 0.2) is 12.3 Å². The normalized spacial score (nSPS) is 21.8. The Balaban J connectivity index is 1.98. The van der Waals surface area contributed by atoms with Gasteiger partial charge in [0.15, 0.2) is 0 Å². The van der Waals surface area contributed by atoms with Crippen LogP contribution < -0.4 is 10.6 Å². The van der Waals surface area contributed by atoms with E-state index in [9.17, 15) is 4.79 Å². The maximum Gasteiger partial charge on any atom is 0.254 e. The van der Waals surface area contributed by atoms with E-state index in [1.165, 1.54) is 0 Å². The van der Waals surface area contributed by atoms with Gasteiger partial charge in [-0.1, -0.05) is 6.92 Å². The maximum absolute atomic E-state index is 12.3. The molecule has 2 N–H and O–H groups in total. The van der Waals surface area contributed by atoms with Crippen molar-refractivity contribution in [3.63, 3.8) is 0 Å². The molecule has 2 unspecified atom stereocenters. The molecule has 2 atom stereocenters. The lowest BCUT2D eigenvalue weighted by atomic mass is 9.99. The number of amides is 1. The van der Waals surface area contributed by atoms with Gasteiger partial charge in [0.25, 0.3) is 5.91 Å². The predicted molar refractivity (Wildman–Crippen MR) is 79.0 cm³/mol. The third-order valence-corrected chi connectivity index (χ3v) is 3.83. The van der Waals surface area contributed by atoms with Crippen LogP contribution in [0.5, 0.6) is 0 Å². The van der Waals surface area contributed by atoms with Crippen molar-refractivity contribution in [3.05, 3.63) is 23.5 Å². The Morgan fingerprint density at radius 2 is 2.35 bits per heavy atom. The molecule has 1 aliphatic heterocycles. The fourth-order valence-electron chi connectivity index (χ4n) is 2.64. The van der Waals surface area contributed by atoms with Crippen LogP contribution in [0.25, 0.3) is 0 Å². The molecule has 1 saturated heterocycles. The van der Waals surface area contributed by atoms with E-state index < -0.39 is 0 Å². The first-order valence-electron chi connectivity index (χ1n) is 7.20. The van der Waals surface area contributed by atoms with Gasteiger partial charge in [-0.2, -0.15) is 0 Å². The number of pyridine rings is 1.